The molecule has 0 saturated heterocycles. The molecule has 0 spiro atoms. The third-order valence-corrected chi connectivity index (χ3v) is 4.84. The van der Waals surface area contributed by atoms with E-state index in [-0.39, 0.29) is 12.2 Å². The molecule has 126 valence electrons. The lowest BCUT2D eigenvalue weighted by atomic mass is 9.84. The molecule has 0 bridgehead atoms. The Morgan fingerprint density at radius 1 is 1.17 bits per heavy atom. The highest BCUT2D eigenvalue weighted by Crippen LogP contribution is 2.32. The highest BCUT2D eigenvalue weighted by Gasteiger charge is 2.19. The molecule has 1 aliphatic rings. The number of aliphatic carboxylic acids is 1. The molecule has 0 N–H and O–H groups in total. The van der Waals surface area contributed by atoms with Gasteiger partial charge < -0.3 is 14.5 Å². The predicted molar refractivity (Wildman–Crippen MR) is 87.5 cm³/mol. The van der Waals surface area contributed by atoms with Gasteiger partial charge in [-0.25, -0.2) is 4.98 Å². The molecule has 1 aromatic heterocycles. The number of aromatic nitrogens is 2. The van der Waals surface area contributed by atoms with Gasteiger partial charge >= 0.3 is 0 Å². The number of hydrogen-bond acceptors (Lipinski definition) is 4. The van der Waals surface area contributed by atoms with Gasteiger partial charge in [0.2, 0.25) is 0 Å². The Labute approximate surface area is 141 Å². The number of ketones is 1. The maximum absolute atomic E-state index is 12.4. The van der Waals surface area contributed by atoms with E-state index in [2.05, 4.69) is 4.98 Å². The van der Waals surface area contributed by atoms with E-state index >= 15 is 0 Å². The van der Waals surface area contributed by atoms with Gasteiger partial charge in [-0.15, -0.1) is 0 Å². The molecule has 5 nitrogen and oxygen atoms in total. The Morgan fingerprint density at radius 3 is 2.46 bits per heavy atom. The third-order valence-electron chi connectivity index (χ3n) is 4.84. The molecular weight excluding hydrogens is 304 g/mol. The molecule has 1 aliphatic carbocycles. The summed E-state index contributed by atoms with van der Waals surface area (Å²) >= 11 is 0. The lowest BCUT2D eigenvalue weighted by Crippen LogP contribution is -2.34. The molecule has 0 radical (unpaired) electrons. The summed E-state index contributed by atoms with van der Waals surface area (Å²) in [6, 6.07) is 6.61. The number of hydrogen-bond donors (Lipinski definition) is 0. The SMILES string of the molecule is O=C(C[C@@H](C(=O)[O-])n1ccnc1)c1ccc(C2CCCCC2)cc1. The normalized spacial score (nSPS) is 16.7. The lowest BCUT2D eigenvalue weighted by Gasteiger charge is -2.22. The van der Waals surface area contributed by atoms with Crippen LogP contribution in [0.15, 0.2) is 43.0 Å². The molecule has 0 unspecified atom stereocenters. The fourth-order valence-corrected chi connectivity index (χ4v) is 3.43. The van der Waals surface area contributed by atoms with Crippen molar-refractivity contribution in [3.63, 3.8) is 0 Å². The average Bonchev–Trinajstić information content (AvgIpc) is 3.14. The maximum Gasteiger partial charge on any atom is 0.165 e. The summed E-state index contributed by atoms with van der Waals surface area (Å²) in [5.41, 5.74) is 1.82. The number of carboxylic acids is 1. The zero-order valence-electron chi connectivity index (χ0n) is 13.6. The molecule has 0 amide bonds. The van der Waals surface area contributed by atoms with Crippen molar-refractivity contribution >= 4 is 11.8 Å². The number of imidazole rings is 1. The Kier molecular flexibility index (Phi) is 5.08. The second-order valence-corrected chi connectivity index (χ2v) is 6.43. The number of carbonyl (C=O) groups is 2. The number of carboxylic acid groups (broad SMARTS) is 1. The highest BCUT2D eigenvalue weighted by atomic mass is 16.4. The third kappa shape index (κ3) is 3.72. The Bertz CT molecular complexity index is 686. The largest absolute Gasteiger partial charge is 0.548 e. The summed E-state index contributed by atoms with van der Waals surface area (Å²) < 4.78 is 1.39. The number of nitrogens with zero attached hydrogens (tertiary/aromatic N) is 2. The van der Waals surface area contributed by atoms with Crippen LogP contribution in [0.3, 0.4) is 0 Å². The number of Topliss-reactive ketones (excluding diaryl/α,β-unsaturated/α-hetero) is 1. The first-order chi connectivity index (χ1) is 11.6. The van der Waals surface area contributed by atoms with Crippen molar-refractivity contribution in [2.24, 2.45) is 0 Å². The Hall–Kier alpha value is -2.43. The van der Waals surface area contributed by atoms with Crippen LogP contribution >= 0.6 is 0 Å². The van der Waals surface area contributed by atoms with Crippen LogP contribution in [0, 0.1) is 0 Å². The fraction of sp³-hybridized carbons (Fsp3) is 0.421. The highest BCUT2D eigenvalue weighted by molar-refractivity contribution is 5.98. The van der Waals surface area contributed by atoms with Crippen LogP contribution in [0.4, 0.5) is 0 Å². The van der Waals surface area contributed by atoms with E-state index in [9.17, 15) is 14.7 Å². The molecule has 2 aromatic rings. The molecule has 24 heavy (non-hydrogen) atoms. The smallest absolute Gasteiger partial charge is 0.165 e. The van der Waals surface area contributed by atoms with Gasteiger partial charge in [-0.1, -0.05) is 43.5 Å². The molecule has 1 heterocycles. The molecule has 1 fully saturated rings. The molecule has 1 saturated carbocycles. The van der Waals surface area contributed by atoms with Crippen molar-refractivity contribution in [3.8, 4) is 0 Å². The fourth-order valence-electron chi connectivity index (χ4n) is 3.43. The van der Waals surface area contributed by atoms with Crippen LogP contribution in [-0.4, -0.2) is 21.3 Å². The number of rotatable bonds is 6. The first-order valence-electron chi connectivity index (χ1n) is 8.46. The Balaban J connectivity index is 1.69. The summed E-state index contributed by atoms with van der Waals surface area (Å²) in [5, 5.41) is 11.3. The van der Waals surface area contributed by atoms with Gasteiger partial charge in [0.25, 0.3) is 0 Å². The first kappa shape index (κ1) is 16.4. The van der Waals surface area contributed by atoms with Gasteiger partial charge in [0.15, 0.2) is 5.78 Å². The topological polar surface area (TPSA) is 75.0 Å². The molecule has 3 rings (SSSR count). The van der Waals surface area contributed by atoms with E-state index in [1.807, 2.05) is 24.3 Å². The van der Waals surface area contributed by atoms with Crippen molar-refractivity contribution < 1.29 is 14.7 Å². The van der Waals surface area contributed by atoms with E-state index in [1.54, 1.807) is 0 Å². The maximum atomic E-state index is 12.4. The van der Waals surface area contributed by atoms with Crippen LogP contribution in [0.1, 0.15) is 66.4 Å². The number of benzene rings is 1. The predicted octanol–water partition coefficient (Wildman–Crippen LogP) is 2.49. The van der Waals surface area contributed by atoms with Crippen LogP contribution in [0.2, 0.25) is 0 Å². The van der Waals surface area contributed by atoms with Crippen LogP contribution in [0.25, 0.3) is 0 Å². The van der Waals surface area contributed by atoms with Crippen molar-refractivity contribution in [1.29, 1.82) is 0 Å². The minimum absolute atomic E-state index is 0.137. The molecule has 0 aliphatic heterocycles. The van der Waals surface area contributed by atoms with E-state index in [1.165, 1.54) is 61.0 Å². The minimum Gasteiger partial charge on any atom is -0.548 e. The van der Waals surface area contributed by atoms with Gasteiger partial charge in [-0.3, -0.25) is 4.79 Å². The zero-order valence-corrected chi connectivity index (χ0v) is 13.6. The van der Waals surface area contributed by atoms with E-state index in [4.69, 9.17) is 0 Å². The Morgan fingerprint density at radius 2 is 1.88 bits per heavy atom. The standard InChI is InChI=1S/C19H22N2O3/c22-18(12-17(19(23)24)21-11-10-20-13-21)16-8-6-15(7-9-16)14-4-2-1-3-5-14/h6-11,13-14,17H,1-5,12H2,(H,23,24)/p-1/t17-/m0/s1. The van der Waals surface area contributed by atoms with Gasteiger partial charge in [-0.2, -0.15) is 0 Å². The van der Waals surface area contributed by atoms with Crippen molar-refractivity contribution in [1.82, 2.24) is 9.55 Å². The summed E-state index contributed by atoms with van der Waals surface area (Å²) in [7, 11) is 0. The lowest BCUT2D eigenvalue weighted by molar-refractivity contribution is -0.310. The van der Waals surface area contributed by atoms with Crippen molar-refractivity contribution in [3.05, 3.63) is 54.1 Å². The van der Waals surface area contributed by atoms with Crippen LogP contribution in [0.5, 0.6) is 0 Å². The molecule has 1 aromatic carbocycles. The average molecular weight is 325 g/mol. The van der Waals surface area contributed by atoms with E-state index in [0.717, 1.165) is 0 Å². The molecule has 1 atom stereocenters. The van der Waals surface area contributed by atoms with Crippen LogP contribution < -0.4 is 5.11 Å². The van der Waals surface area contributed by atoms with Gasteiger partial charge in [0, 0.05) is 24.4 Å². The van der Waals surface area contributed by atoms with Gasteiger partial charge in [-0.05, 0) is 24.3 Å². The number of carbonyl (C=O) groups excluding carboxylic acids is 2. The summed E-state index contributed by atoms with van der Waals surface area (Å²) in [4.78, 5) is 27.6. The van der Waals surface area contributed by atoms with Gasteiger partial charge in [0.05, 0.1) is 18.3 Å². The summed E-state index contributed by atoms with van der Waals surface area (Å²) in [6.45, 7) is 0. The summed E-state index contributed by atoms with van der Waals surface area (Å²) in [5.74, 6) is -0.891. The van der Waals surface area contributed by atoms with Crippen molar-refractivity contribution in [2.75, 3.05) is 0 Å². The molecule has 5 heteroatoms. The monoisotopic (exact) mass is 325 g/mol. The van der Waals surface area contributed by atoms with Crippen molar-refractivity contribution in [2.45, 2.75) is 50.5 Å². The molecular formula is C19H21N2O3-. The second-order valence-electron chi connectivity index (χ2n) is 6.43. The van der Waals surface area contributed by atoms with E-state index < -0.39 is 12.0 Å². The summed E-state index contributed by atoms with van der Waals surface area (Å²) in [6.07, 6.45) is 10.5. The van der Waals surface area contributed by atoms with Crippen LogP contribution in [-0.2, 0) is 4.79 Å². The minimum atomic E-state index is -1.28. The first-order valence-corrected chi connectivity index (χ1v) is 8.46. The van der Waals surface area contributed by atoms with Gasteiger partial charge in [0.1, 0.15) is 0 Å². The quantitative estimate of drug-likeness (QED) is 0.765. The van der Waals surface area contributed by atoms with E-state index in [0.29, 0.717) is 11.5 Å². The zero-order chi connectivity index (χ0) is 16.9. The second kappa shape index (κ2) is 7.43.